The number of carbonyl (C=O) groups excluding carboxylic acids is 1. The molecule has 0 saturated carbocycles. The molecule has 0 aliphatic carbocycles. The van der Waals surface area contributed by atoms with E-state index in [1.54, 1.807) is 0 Å². The van der Waals surface area contributed by atoms with Gasteiger partial charge in [-0.05, 0) is 77.9 Å². The Morgan fingerprint density at radius 2 is 1.71 bits per heavy atom. The summed E-state index contributed by atoms with van der Waals surface area (Å²) in [7, 11) is 3.93. The third-order valence-corrected chi connectivity index (χ3v) is 8.72. The fourth-order valence-electron chi connectivity index (χ4n) is 6.41. The molecule has 9 heteroatoms. The largest absolute Gasteiger partial charge is 0.481 e. The number of hydrogen-bond acceptors (Lipinski definition) is 6. The van der Waals surface area contributed by atoms with Crippen molar-refractivity contribution in [2.45, 2.75) is 45.6 Å². The number of likely N-dealkylation sites (tertiary alicyclic amines) is 1. The van der Waals surface area contributed by atoms with E-state index in [1.807, 2.05) is 93.2 Å². The lowest BCUT2D eigenvalue weighted by Gasteiger charge is -2.28. The zero-order valence-corrected chi connectivity index (χ0v) is 25.5. The maximum Gasteiger partial charge on any atom is 0.309 e. The number of amides is 1. The van der Waals surface area contributed by atoms with Crippen LogP contribution in [0.15, 0.2) is 48.5 Å². The SMILES string of the molecule is CCc1cc(Cl)cc(CC)c1NC(=O)CN1C[C@H](c2ccc3c(c2C)OCO3)C(C(=O)O)[C@@H]1c1ccc(N(C)C)cc1. The van der Waals surface area contributed by atoms with Crippen LogP contribution in [0, 0.1) is 12.8 Å². The number of nitrogens with zero attached hydrogens (tertiary/aromatic N) is 2. The Hall–Kier alpha value is -3.75. The van der Waals surface area contributed by atoms with E-state index in [9.17, 15) is 14.7 Å². The van der Waals surface area contributed by atoms with Crippen LogP contribution in [0.2, 0.25) is 5.02 Å². The summed E-state index contributed by atoms with van der Waals surface area (Å²) in [6.07, 6.45) is 1.45. The lowest BCUT2D eigenvalue weighted by atomic mass is 9.81. The van der Waals surface area contributed by atoms with Crippen LogP contribution < -0.4 is 19.7 Å². The maximum absolute atomic E-state index is 13.7. The molecule has 2 heterocycles. The third-order valence-electron chi connectivity index (χ3n) is 8.50. The van der Waals surface area contributed by atoms with Crippen molar-refractivity contribution in [1.29, 1.82) is 0 Å². The molecular weight excluding hydrogens is 554 g/mol. The Morgan fingerprint density at radius 3 is 2.31 bits per heavy atom. The van der Waals surface area contributed by atoms with Crippen LogP contribution in [0.4, 0.5) is 11.4 Å². The summed E-state index contributed by atoms with van der Waals surface area (Å²) in [4.78, 5) is 30.7. The molecule has 1 fully saturated rings. The number of carboxylic acid groups (broad SMARTS) is 1. The molecule has 1 saturated heterocycles. The number of aliphatic carboxylic acids is 1. The standard InChI is InChI=1S/C33H38ClN3O5/c1-6-20-14-23(34)15-21(7-2)30(20)35-28(38)17-37-16-26(25-12-13-27-32(19(25)3)42-18-41-27)29(33(39)40)31(37)22-8-10-24(11-9-22)36(4)5/h8-15,26,29,31H,6-7,16-18H2,1-5H3,(H,35,38)(H,39,40)/t26-,29?,31+/m1/s1. The number of carbonyl (C=O) groups is 2. The normalized spacial score (nSPS) is 19.6. The number of rotatable bonds is 9. The number of carboxylic acids is 1. The molecule has 2 N–H and O–H groups in total. The molecule has 42 heavy (non-hydrogen) atoms. The topological polar surface area (TPSA) is 91.3 Å². The minimum atomic E-state index is -0.902. The van der Waals surface area contributed by atoms with E-state index in [0.29, 0.717) is 23.1 Å². The van der Waals surface area contributed by atoms with Crippen molar-refractivity contribution in [1.82, 2.24) is 4.90 Å². The second-order valence-corrected chi connectivity index (χ2v) is 11.6. The molecule has 3 atom stereocenters. The number of fused-ring (bicyclic) bond motifs is 1. The highest BCUT2D eigenvalue weighted by Crippen LogP contribution is 2.49. The summed E-state index contributed by atoms with van der Waals surface area (Å²) in [5.41, 5.74) is 6.37. The molecule has 222 valence electrons. The van der Waals surface area contributed by atoms with Crippen molar-refractivity contribution in [2.24, 2.45) is 5.92 Å². The van der Waals surface area contributed by atoms with Crippen molar-refractivity contribution >= 4 is 34.9 Å². The molecule has 0 spiro atoms. The van der Waals surface area contributed by atoms with Crippen LogP contribution in [0.1, 0.15) is 53.6 Å². The minimum absolute atomic E-state index is 0.0406. The molecule has 3 aromatic carbocycles. The second-order valence-electron chi connectivity index (χ2n) is 11.2. The van der Waals surface area contributed by atoms with Crippen LogP contribution in [0.3, 0.4) is 0 Å². The molecule has 3 aromatic rings. The summed E-state index contributed by atoms with van der Waals surface area (Å²) in [5, 5.41) is 14.4. The predicted molar refractivity (Wildman–Crippen MR) is 165 cm³/mol. The van der Waals surface area contributed by atoms with Gasteiger partial charge in [0.15, 0.2) is 11.5 Å². The molecule has 0 bridgehead atoms. The highest BCUT2D eigenvalue weighted by atomic mass is 35.5. The van der Waals surface area contributed by atoms with Gasteiger partial charge in [-0.1, -0.05) is 43.6 Å². The molecule has 8 nitrogen and oxygen atoms in total. The van der Waals surface area contributed by atoms with E-state index >= 15 is 0 Å². The molecular formula is C33H38ClN3O5. The Morgan fingerprint density at radius 1 is 1.05 bits per heavy atom. The monoisotopic (exact) mass is 591 g/mol. The van der Waals surface area contributed by atoms with Crippen molar-refractivity contribution in [3.8, 4) is 11.5 Å². The first-order valence-electron chi connectivity index (χ1n) is 14.4. The molecule has 0 aromatic heterocycles. The van der Waals surface area contributed by atoms with Gasteiger partial charge in [0.25, 0.3) is 0 Å². The molecule has 5 rings (SSSR count). The first kappa shape index (κ1) is 29.7. The molecule has 1 unspecified atom stereocenters. The quantitative estimate of drug-likeness (QED) is 0.313. The summed E-state index contributed by atoms with van der Waals surface area (Å²) in [6.45, 7) is 6.58. The highest BCUT2D eigenvalue weighted by Gasteiger charge is 2.48. The smallest absolute Gasteiger partial charge is 0.309 e. The number of anilines is 2. The van der Waals surface area contributed by atoms with Crippen LogP contribution in [0.25, 0.3) is 0 Å². The third kappa shape index (κ3) is 5.65. The average Bonchev–Trinajstić information content (AvgIpc) is 3.59. The van der Waals surface area contributed by atoms with Crippen LogP contribution in [0.5, 0.6) is 11.5 Å². The number of hydrogen-bond donors (Lipinski definition) is 2. The van der Waals surface area contributed by atoms with Crippen LogP contribution in [-0.2, 0) is 22.4 Å². The van der Waals surface area contributed by atoms with Crippen LogP contribution in [-0.4, -0.2) is 55.9 Å². The molecule has 2 aliphatic rings. The van der Waals surface area contributed by atoms with Crippen molar-refractivity contribution < 1.29 is 24.2 Å². The minimum Gasteiger partial charge on any atom is -0.481 e. The first-order valence-corrected chi connectivity index (χ1v) is 14.7. The Balaban J connectivity index is 1.52. The van der Waals surface area contributed by atoms with E-state index in [4.69, 9.17) is 21.1 Å². The highest BCUT2D eigenvalue weighted by molar-refractivity contribution is 6.30. The fraction of sp³-hybridized carbons (Fsp3) is 0.394. The number of ether oxygens (including phenoxy) is 2. The summed E-state index contributed by atoms with van der Waals surface area (Å²) in [5.74, 6) is -0.924. The maximum atomic E-state index is 13.7. The van der Waals surface area contributed by atoms with Gasteiger partial charge in [0, 0.05) is 49.0 Å². The predicted octanol–water partition coefficient (Wildman–Crippen LogP) is 6.05. The van der Waals surface area contributed by atoms with E-state index < -0.39 is 17.9 Å². The van der Waals surface area contributed by atoms with Crippen molar-refractivity contribution in [3.05, 3.63) is 81.4 Å². The Labute approximate surface area is 252 Å². The van der Waals surface area contributed by atoms with Gasteiger partial charge in [-0.15, -0.1) is 0 Å². The average molecular weight is 592 g/mol. The summed E-state index contributed by atoms with van der Waals surface area (Å²) >= 11 is 6.34. The lowest BCUT2D eigenvalue weighted by molar-refractivity contribution is -0.143. The second kappa shape index (κ2) is 12.2. The zero-order valence-electron chi connectivity index (χ0n) is 24.7. The fourth-order valence-corrected chi connectivity index (χ4v) is 6.68. The van der Waals surface area contributed by atoms with Gasteiger partial charge in [0.05, 0.1) is 12.5 Å². The summed E-state index contributed by atoms with van der Waals surface area (Å²) in [6, 6.07) is 15.0. The molecule has 1 amide bonds. The van der Waals surface area contributed by atoms with Crippen LogP contribution >= 0.6 is 11.6 Å². The summed E-state index contributed by atoms with van der Waals surface area (Å²) < 4.78 is 11.3. The van der Waals surface area contributed by atoms with Gasteiger partial charge in [0.2, 0.25) is 12.7 Å². The van der Waals surface area contributed by atoms with Gasteiger partial charge in [-0.2, -0.15) is 0 Å². The Kier molecular flexibility index (Phi) is 8.66. The van der Waals surface area contributed by atoms with E-state index in [0.717, 1.165) is 52.0 Å². The number of aryl methyl sites for hydroxylation is 2. The molecule has 2 aliphatic heterocycles. The van der Waals surface area contributed by atoms with Gasteiger partial charge >= 0.3 is 5.97 Å². The molecule has 0 radical (unpaired) electrons. The van der Waals surface area contributed by atoms with E-state index in [2.05, 4.69) is 5.32 Å². The number of benzene rings is 3. The van der Waals surface area contributed by atoms with Gasteiger partial charge in [0.1, 0.15) is 0 Å². The van der Waals surface area contributed by atoms with Crippen molar-refractivity contribution in [3.63, 3.8) is 0 Å². The van der Waals surface area contributed by atoms with E-state index in [-0.39, 0.29) is 25.2 Å². The van der Waals surface area contributed by atoms with Gasteiger partial charge < -0.3 is 24.8 Å². The van der Waals surface area contributed by atoms with Gasteiger partial charge in [-0.3, -0.25) is 14.5 Å². The van der Waals surface area contributed by atoms with Gasteiger partial charge in [-0.25, -0.2) is 0 Å². The van der Waals surface area contributed by atoms with E-state index in [1.165, 1.54) is 0 Å². The van der Waals surface area contributed by atoms with Crippen molar-refractivity contribution in [2.75, 3.05) is 44.2 Å². The zero-order chi connectivity index (χ0) is 30.1. The lowest BCUT2D eigenvalue weighted by Crippen LogP contribution is -2.35. The number of halogens is 1. The first-order chi connectivity index (χ1) is 20.1. The Bertz CT molecular complexity index is 1460. The number of nitrogens with one attached hydrogen (secondary N) is 1.